The summed E-state index contributed by atoms with van der Waals surface area (Å²) in [5.74, 6) is -0.0771. The number of benzene rings is 3. The van der Waals surface area contributed by atoms with Gasteiger partial charge in [0.05, 0.1) is 11.4 Å². The van der Waals surface area contributed by atoms with Crippen LogP contribution in [0.2, 0.25) is 0 Å². The SMILES string of the molecule is CC(C)CNC(=O)c1ccc2c(c1)N=C(c1ccccc1F)c1ccccc1S2. The number of halogens is 1. The van der Waals surface area contributed by atoms with Crippen molar-refractivity contribution in [1.82, 2.24) is 5.32 Å². The average molecular weight is 405 g/mol. The first kappa shape index (κ1) is 19.4. The van der Waals surface area contributed by atoms with Crippen LogP contribution in [0.4, 0.5) is 10.1 Å². The van der Waals surface area contributed by atoms with Crippen molar-refractivity contribution in [3.05, 3.63) is 89.2 Å². The summed E-state index contributed by atoms with van der Waals surface area (Å²) in [6.45, 7) is 4.71. The van der Waals surface area contributed by atoms with E-state index in [9.17, 15) is 9.18 Å². The molecule has 3 aromatic rings. The summed E-state index contributed by atoms with van der Waals surface area (Å²) in [7, 11) is 0. The zero-order chi connectivity index (χ0) is 20.4. The highest BCUT2D eigenvalue weighted by Gasteiger charge is 2.21. The fourth-order valence-corrected chi connectivity index (χ4v) is 4.14. The Morgan fingerprint density at radius 2 is 1.72 bits per heavy atom. The van der Waals surface area contributed by atoms with Crippen molar-refractivity contribution in [2.24, 2.45) is 10.9 Å². The van der Waals surface area contributed by atoms with E-state index >= 15 is 0 Å². The molecule has 4 rings (SSSR count). The van der Waals surface area contributed by atoms with Gasteiger partial charge in [-0.3, -0.25) is 4.79 Å². The highest BCUT2D eigenvalue weighted by Crippen LogP contribution is 2.41. The van der Waals surface area contributed by atoms with Crippen LogP contribution in [-0.4, -0.2) is 18.2 Å². The number of rotatable bonds is 4. The molecule has 0 spiro atoms. The third kappa shape index (κ3) is 4.10. The molecule has 1 aliphatic rings. The van der Waals surface area contributed by atoms with E-state index < -0.39 is 0 Å². The number of nitrogens with one attached hydrogen (secondary N) is 1. The minimum absolute atomic E-state index is 0.129. The number of carbonyl (C=O) groups excluding carboxylic acids is 1. The van der Waals surface area contributed by atoms with Crippen molar-refractivity contribution >= 4 is 29.1 Å². The van der Waals surface area contributed by atoms with Gasteiger partial charge in [0.15, 0.2) is 0 Å². The fourth-order valence-electron chi connectivity index (χ4n) is 3.14. The molecule has 0 radical (unpaired) electrons. The van der Waals surface area contributed by atoms with Crippen LogP contribution in [0.15, 0.2) is 81.5 Å². The molecule has 0 atom stereocenters. The zero-order valence-electron chi connectivity index (χ0n) is 16.3. The monoisotopic (exact) mass is 404 g/mol. The van der Waals surface area contributed by atoms with Gasteiger partial charge in [-0.1, -0.05) is 55.9 Å². The molecular weight excluding hydrogens is 383 g/mol. The Kier molecular flexibility index (Phi) is 5.49. The van der Waals surface area contributed by atoms with Crippen molar-refractivity contribution in [2.45, 2.75) is 23.6 Å². The normalized spacial score (nSPS) is 12.6. The molecule has 0 aliphatic carbocycles. The predicted octanol–water partition coefficient (Wildman–Crippen LogP) is 5.85. The summed E-state index contributed by atoms with van der Waals surface area (Å²) in [5, 5.41) is 2.94. The molecule has 0 saturated carbocycles. The van der Waals surface area contributed by atoms with Crippen molar-refractivity contribution in [3.63, 3.8) is 0 Å². The zero-order valence-corrected chi connectivity index (χ0v) is 17.1. The molecule has 3 nitrogen and oxygen atoms in total. The van der Waals surface area contributed by atoms with Gasteiger partial charge in [-0.05, 0) is 42.3 Å². The number of carbonyl (C=O) groups is 1. The van der Waals surface area contributed by atoms with Crippen LogP contribution in [0.5, 0.6) is 0 Å². The minimum atomic E-state index is -0.319. The molecule has 0 fully saturated rings. The summed E-state index contributed by atoms with van der Waals surface area (Å²) < 4.78 is 14.6. The minimum Gasteiger partial charge on any atom is -0.352 e. The third-order valence-corrected chi connectivity index (χ3v) is 5.76. The summed E-state index contributed by atoms with van der Waals surface area (Å²) in [6, 6.07) is 20.0. The molecule has 0 saturated heterocycles. The summed E-state index contributed by atoms with van der Waals surface area (Å²) in [4.78, 5) is 19.3. The lowest BCUT2D eigenvalue weighted by atomic mass is 10.0. The van der Waals surface area contributed by atoms with Crippen molar-refractivity contribution in [2.75, 3.05) is 6.54 Å². The molecular formula is C24H21FN2OS. The molecule has 1 heterocycles. The first-order chi connectivity index (χ1) is 14.0. The van der Waals surface area contributed by atoms with Crippen LogP contribution in [0, 0.1) is 11.7 Å². The Morgan fingerprint density at radius 1 is 1.00 bits per heavy atom. The Hall–Kier alpha value is -2.92. The molecule has 5 heteroatoms. The second-order valence-corrected chi connectivity index (χ2v) is 8.41. The van der Waals surface area contributed by atoms with Gasteiger partial charge in [0.25, 0.3) is 5.91 Å². The number of amides is 1. The van der Waals surface area contributed by atoms with Gasteiger partial charge in [-0.25, -0.2) is 9.38 Å². The molecule has 29 heavy (non-hydrogen) atoms. The summed E-state index contributed by atoms with van der Waals surface area (Å²) in [6.07, 6.45) is 0. The highest BCUT2D eigenvalue weighted by molar-refractivity contribution is 7.99. The molecule has 1 N–H and O–H groups in total. The smallest absolute Gasteiger partial charge is 0.251 e. The topological polar surface area (TPSA) is 41.5 Å². The lowest BCUT2D eigenvalue weighted by Crippen LogP contribution is -2.27. The molecule has 0 bridgehead atoms. The van der Waals surface area contributed by atoms with Gasteiger partial charge in [0.2, 0.25) is 0 Å². The van der Waals surface area contributed by atoms with Crippen LogP contribution in [-0.2, 0) is 0 Å². The van der Waals surface area contributed by atoms with E-state index in [1.54, 1.807) is 36.0 Å². The van der Waals surface area contributed by atoms with E-state index in [-0.39, 0.29) is 11.7 Å². The Balaban J connectivity index is 1.83. The van der Waals surface area contributed by atoms with Gasteiger partial charge < -0.3 is 5.32 Å². The quantitative estimate of drug-likeness (QED) is 0.464. The van der Waals surface area contributed by atoms with E-state index in [4.69, 9.17) is 4.99 Å². The van der Waals surface area contributed by atoms with Crippen LogP contribution in [0.1, 0.15) is 35.3 Å². The van der Waals surface area contributed by atoms with Gasteiger partial charge in [-0.15, -0.1) is 0 Å². The number of hydrogen-bond acceptors (Lipinski definition) is 3. The second kappa shape index (κ2) is 8.21. The molecule has 1 amide bonds. The van der Waals surface area contributed by atoms with Gasteiger partial charge in [0, 0.05) is 33.0 Å². The molecule has 0 unspecified atom stereocenters. The van der Waals surface area contributed by atoms with Crippen molar-refractivity contribution in [1.29, 1.82) is 0 Å². The van der Waals surface area contributed by atoms with E-state index in [0.717, 1.165) is 15.4 Å². The van der Waals surface area contributed by atoms with Crippen LogP contribution >= 0.6 is 11.8 Å². The highest BCUT2D eigenvalue weighted by atomic mass is 32.2. The summed E-state index contributed by atoms with van der Waals surface area (Å²) >= 11 is 1.58. The van der Waals surface area contributed by atoms with E-state index in [1.165, 1.54) is 6.07 Å². The van der Waals surface area contributed by atoms with Crippen LogP contribution < -0.4 is 5.32 Å². The predicted molar refractivity (Wildman–Crippen MR) is 116 cm³/mol. The second-order valence-electron chi connectivity index (χ2n) is 7.32. The Labute approximate surface area is 174 Å². The summed E-state index contributed by atoms with van der Waals surface area (Å²) in [5.41, 5.74) is 3.12. The molecule has 1 aliphatic heterocycles. The first-order valence-corrected chi connectivity index (χ1v) is 10.4. The number of fused-ring (bicyclic) bond motifs is 2. The fraction of sp³-hybridized carbons (Fsp3) is 0.167. The van der Waals surface area contributed by atoms with Gasteiger partial charge in [-0.2, -0.15) is 0 Å². The number of nitrogens with zero attached hydrogens (tertiary/aromatic N) is 1. The maximum atomic E-state index is 14.6. The third-order valence-electron chi connectivity index (χ3n) is 4.62. The van der Waals surface area contributed by atoms with E-state index in [0.29, 0.717) is 35.0 Å². The van der Waals surface area contributed by atoms with Crippen molar-refractivity contribution < 1.29 is 9.18 Å². The largest absolute Gasteiger partial charge is 0.352 e. The molecule has 0 aromatic heterocycles. The Bertz CT molecular complexity index is 1110. The Morgan fingerprint density at radius 3 is 2.48 bits per heavy atom. The van der Waals surface area contributed by atoms with Crippen molar-refractivity contribution in [3.8, 4) is 0 Å². The van der Waals surface area contributed by atoms with Gasteiger partial charge in [0.1, 0.15) is 5.82 Å². The standard InChI is InChI=1S/C24H21FN2OS/c1-15(2)14-26-24(28)16-11-12-22-20(13-16)27-23(17-7-3-5-9-19(17)25)18-8-4-6-10-21(18)29-22/h3-13,15H,14H2,1-2H3,(H,26,28). The maximum absolute atomic E-state index is 14.6. The maximum Gasteiger partial charge on any atom is 0.251 e. The van der Waals surface area contributed by atoms with E-state index in [2.05, 4.69) is 19.2 Å². The average Bonchev–Trinajstić information content (AvgIpc) is 2.88. The first-order valence-electron chi connectivity index (χ1n) is 9.56. The molecule has 3 aromatic carbocycles. The van der Waals surface area contributed by atoms with Gasteiger partial charge >= 0.3 is 0 Å². The number of aliphatic imine (C=N–C) groups is 1. The lowest BCUT2D eigenvalue weighted by molar-refractivity contribution is 0.0949. The van der Waals surface area contributed by atoms with Crippen LogP contribution in [0.25, 0.3) is 0 Å². The lowest BCUT2D eigenvalue weighted by Gasteiger charge is -2.10. The van der Waals surface area contributed by atoms with E-state index in [1.807, 2.05) is 36.4 Å². The number of hydrogen-bond donors (Lipinski definition) is 1. The molecule has 146 valence electrons. The van der Waals surface area contributed by atoms with Crippen LogP contribution in [0.3, 0.4) is 0 Å².